The Bertz CT molecular complexity index is 630. The smallest absolute Gasteiger partial charge is 0.170 e. The van der Waals surface area contributed by atoms with Crippen LogP contribution >= 0.6 is 12.2 Å². The van der Waals surface area contributed by atoms with Gasteiger partial charge in [0.2, 0.25) is 0 Å². The van der Waals surface area contributed by atoms with Gasteiger partial charge in [0.25, 0.3) is 0 Å². The lowest BCUT2D eigenvalue weighted by molar-refractivity contribution is 0.204. The minimum absolute atomic E-state index is 0.568. The standard InChI is InChI=1S/C14H18N4OS/c1-9-10(2)17-13-8-11(4-5-12(13)16-9)18-14(20)15-6-7-19-3/h4-5,8H,6-7H2,1-3H3,(H2,15,18,20). The summed E-state index contributed by atoms with van der Waals surface area (Å²) < 4.78 is 4.96. The molecule has 0 aliphatic heterocycles. The molecule has 0 saturated carbocycles. The van der Waals surface area contributed by atoms with E-state index in [0.29, 0.717) is 18.3 Å². The van der Waals surface area contributed by atoms with Gasteiger partial charge >= 0.3 is 0 Å². The maximum absolute atomic E-state index is 5.20. The number of thiocarbonyl (C=S) groups is 1. The highest BCUT2D eigenvalue weighted by Gasteiger charge is 2.03. The van der Waals surface area contributed by atoms with Crippen molar-refractivity contribution in [2.45, 2.75) is 13.8 Å². The number of anilines is 1. The van der Waals surface area contributed by atoms with Crippen molar-refractivity contribution in [2.24, 2.45) is 0 Å². The van der Waals surface area contributed by atoms with Crippen LogP contribution in [0.5, 0.6) is 0 Å². The van der Waals surface area contributed by atoms with E-state index in [9.17, 15) is 0 Å². The number of ether oxygens (including phenoxy) is 1. The highest BCUT2D eigenvalue weighted by Crippen LogP contribution is 2.17. The Morgan fingerprint density at radius 2 is 1.90 bits per heavy atom. The lowest BCUT2D eigenvalue weighted by Gasteiger charge is -2.11. The molecule has 6 heteroatoms. The Morgan fingerprint density at radius 1 is 1.20 bits per heavy atom. The Hall–Kier alpha value is -1.79. The van der Waals surface area contributed by atoms with Gasteiger partial charge in [-0.1, -0.05) is 0 Å². The number of rotatable bonds is 4. The van der Waals surface area contributed by atoms with E-state index in [2.05, 4.69) is 20.6 Å². The maximum atomic E-state index is 5.20. The Kier molecular flexibility index (Phi) is 4.81. The molecule has 1 heterocycles. The number of nitrogens with zero attached hydrogens (tertiary/aromatic N) is 2. The molecule has 0 amide bonds. The predicted octanol–water partition coefficient (Wildman–Crippen LogP) is 2.18. The molecule has 2 rings (SSSR count). The average Bonchev–Trinajstić information content (AvgIpc) is 2.41. The third-order valence-electron chi connectivity index (χ3n) is 2.92. The summed E-state index contributed by atoms with van der Waals surface area (Å²) in [7, 11) is 1.66. The fraction of sp³-hybridized carbons (Fsp3) is 0.357. The van der Waals surface area contributed by atoms with Crippen LogP contribution in [0.1, 0.15) is 11.4 Å². The summed E-state index contributed by atoms with van der Waals surface area (Å²) in [6.07, 6.45) is 0. The number of aryl methyl sites for hydroxylation is 2. The van der Waals surface area contributed by atoms with Crippen LogP contribution in [0.3, 0.4) is 0 Å². The van der Waals surface area contributed by atoms with Crippen LogP contribution in [0.4, 0.5) is 5.69 Å². The van der Waals surface area contributed by atoms with Gasteiger partial charge in [-0.2, -0.15) is 0 Å². The zero-order valence-electron chi connectivity index (χ0n) is 11.9. The van der Waals surface area contributed by atoms with Gasteiger partial charge in [-0.15, -0.1) is 0 Å². The summed E-state index contributed by atoms with van der Waals surface area (Å²) >= 11 is 5.20. The minimum Gasteiger partial charge on any atom is -0.383 e. The first-order valence-corrected chi connectivity index (χ1v) is 6.80. The highest BCUT2D eigenvalue weighted by atomic mass is 32.1. The number of nitrogens with one attached hydrogen (secondary N) is 2. The predicted molar refractivity (Wildman–Crippen MR) is 85.1 cm³/mol. The lowest BCUT2D eigenvalue weighted by atomic mass is 10.2. The average molecular weight is 290 g/mol. The van der Waals surface area contributed by atoms with Gasteiger partial charge < -0.3 is 15.4 Å². The molecule has 0 radical (unpaired) electrons. The molecule has 106 valence electrons. The first-order valence-electron chi connectivity index (χ1n) is 6.39. The van der Waals surface area contributed by atoms with Crippen molar-refractivity contribution in [2.75, 3.05) is 25.6 Å². The van der Waals surface area contributed by atoms with Crippen molar-refractivity contribution in [1.82, 2.24) is 15.3 Å². The van der Waals surface area contributed by atoms with E-state index in [-0.39, 0.29) is 0 Å². The van der Waals surface area contributed by atoms with Gasteiger partial charge in [0.05, 0.1) is 29.0 Å². The molecule has 0 aliphatic carbocycles. The third-order valence-corrected chi connectivity index (χ3v) is 3.17. The summed E-state index contributed by atoms with van der Waals surface area (Å²) in [6.45, 7) is 5.21. The summed E-state index contributed by atoms with van der Waals surface area (Å²) in [5, 5.41) is 6.75. The monoisotopic (exact) mass is 290 g/mol. The number of benzene rings is 1. The quantitative estimate of drug-likeness (QED) is 0.665. The molecule has 0 aliphatic rings. The van der Waals surface area contributed by atoms with Crippen LogP contribution in [0.25, 0.3) is 11.0 Å². The first-order chi connectivity index (χ1) is 9.60. The van der Waals surface area contributed by atoms with Crippen LogP contribution in [-0.2, 0) is 4.74 Å². The number of methoxy groups -OCH3 is 1. The zero-order chi connectivity index (χ0) is 14.5. The molecule has 5 nitrogen and oxygen atoms in total. The van der Waals surface area contributed by atoms with Crippen molar-refractivity contribution in [3.63, 3.8) is 0 Å². The van der Waals surface area contributed by atoms with Gasteiger partial charge in [0, 0.05) is 19.3 Å². The molecular formula is C14H18N4OS. The lowest BCUT2D eigenvalue weighted by Crippen LogP contribution is -2.31. The van der Waals surface area contributed by atoms with E-state index in [1.54, 1.807) is 7.11 Å². The third kappa shape index (κ3) is 3.61. The molecule has 20 heavy (non-hydrogen) atoms. The summed E-state index contributed by atoms with van der Waals surface area (Å²) in [6, 6.07) is 5.82. The summed E-state index contributed by atoms with van der Waals surface area (Å²) in [5.74, 6) is 0. The normalized spacial score (nSPS) is 10.6. The molecule has 0 atom stereocenters. The second-order valence-corrected chi connectivity index (χ2v) is 4.88. The summed E-state index contributed by atoms with van der Waals surface area (Å²) in [5.41, 5.74) is 4.53. The van der Waals surface area contributed by atoms with E-state index in [4.69, 9.17) is 17.0 Å². The molecule has 2 N–H and O–H groups in total. The van der Waals surface area contributed by atoms with Gasteiger partial charge in [-0.3, -0.25) is 0 Å². The minimum atomic E-state index is 0.568. The van der Waals surface area contributed by atoms with Crippen molar-refractivity contribution in [3.8, 4) is 0 Å². The van der Waals surface area contributed by atoms with Gasteiger partial charge in [0.1, 0.15) is 0 Å². The van der Waals surface area contributed by atoms with Crippen molar-refractivity contribution in [1.29, 1.82) is 0 Å². The van der Waals surface area contributed by atoms with Crippen molar-refractivity contribution < 1.29 is 4.74 Å². The van der Waals surface area contributed by atoms with Gasteiger partial charge in [0.15, 0.2) is 5.11 Å². The molecule has 0 saturated heterocycles. The fourth-order valence-electron chi connectivity index (χ4n) is 1.75. The molecule has 0 bridgehead atoms. The largest absolute Gasteiger partial charge is 0.383 e. The number of fused-ring (bicyclic) bond motifs is 1. The van der Waals surface area contributed by atoms with E-state index < -0.39 is 0 Å². The molecule has 1 aromatic carbocycles. The van der Waals surface area contributed by atoms with E-state index in [1.807, 2.05) is 32.0 Å². The van der Waals surface area contributed by atoms with Gasteiger partial charge in [-0.25, -0.2) is 9.97 Å². The van der Waals surface area contributed by atoms with E-state index in [0.717, 1.165) is 28.1 Å². The van der Waals surface area contributed by atoms with Gasteiger partial charge in [-0.05, 0) is 44.3 Å². The molecule has 0 unspecified atom stereocenters. The second kappa shape index (κ2) is 6.58. The molecule has 2 aromatic rings. The topological polar surface area (TPSA) is 59.1 Å². The highest BCUT2D eigenvalue weighted by molar-refractivity contribution is 7.80. The SMILES string of the molecule is COCCNC(=S)Nc1ccc2nc(C)c(C)nc2c1. The van der Waals surface area contributed by atoms with Crippen LogP contribution in [0.2, 0.25) is 0 Å². The second-order valence-electron chi connectivity index (χ2n) is 4.47. The van der Waals surface area contributed by atoms with Crippen LogP contribution in [-0.4, -0.2) is 35.3 Å². The summed E-state index contributed by atoms with van der Waals surface area (Å²) in [4.78, 5) is 9.03. The fourth-order valence-corrected chi connectivity index (χ4v) is 1.97. The first kappa shape index (κ1) is 14.6. The van der Waals surface area contributed by atoms with Crippen LogP contribution in [0, 0.1) is 13.8 Å². The van der Waals surface area contributed by atoms with E-state index >= 15 is 0 Å². The Labute approximate surface area is 123 Å². The molecule has 0 spiro atoms. The number of hydrogen-bond acceptors (Lipinski definition) is 4. The Morgan fingerprint density at radius 3 is 2.60 bits per heavy atom. The molecular weight excluding hydrogens is 272 g/mol. The van der Waals surface area contributed by atoms with Crippen molar-refractivity contribution >= 4 is 34.1 Å². The van der Waals surface area contributed by atoms with Crippen LogP contribution < -0.4 is 10.6 Å². The number of aromatic nitrogens is 2. The maximum Gasteiger partial charge on any atom is 0.170 e. The van der Waals surface area contributed by atoms with Crippen LogP contribution in [0.15, 0.2) is 18.2 Å². The van der Waals surface area contributed by atoms with E-state index in [1.165, 1.54) is 0 Å². The molecule has 0 fully saturated rings. The Balaban J connectivity index is 2.11. The van der Waals surface area contributed by atoms with Crippen molar-refractivity contribution in [3.05, 3.63) is 29.6 Å². The number of hydrogen-bond donors (Lipinski definition) is 2. The molecule has 1 aromatic heterocycles. The zero-order valence-corrected chi connectivity index (χ0v) is 12.7.